The Hall–Kier alpha value is -3.69. The van der Waals surface area contributed by atoms with Crippen LogP contribution < -0.4 is 4.90 Å². The number of carbonyl (C=O) groups excluding carboxylic acids is 1. The van der Waals surface area contributed by atoms with E-state index in [1.54, 1.807) is 23.2 Å². The first-order valence-corrected chi connectivity index (χ1v) is 14.0. The molecule has 1 atom stereocenters. The van der Waals surface area contributed by atoms with Gasteiger partial charge in [-0.3, -0.25) is 9.80 Å². The number of piperidine rings is 1. The van der Waals surface area contributed by atoms with Gasteiger partial charge in [0.2, 0.25) is 0 Å². The molecule has 202 valence electrons. The molecule has 2 amide bonds. The van der Waals surface area contributed by atoms with Crippen molar-refractivity contribution in [2.24, 2.45) is 0 Å². The number of benzene rings is 1. The molecule has 2 aliphatic rings. The van der Waals surface area contributed by atoms with Crippen LogP contribution in [-0.2, 0) is 6.54 Å². The molecule has 2 saturated heterocycles. The smallest absolute Gasteiger partial charge is 0.335 e. The zero-order valence-electron chi connectivity index (χ0n) is 22.3. The third kappa shape index (κ3) is 5.99. The maximum Gasteiger partial charge on any atom is 0.335 e. The van der Waals surface area contributed by atoms with Crippen molar-refractivity contribution >= 4 is 29.6 Å². The molecule has 1 aromatic carbocycles. The van der Waals surface area contributed by atoms with Gasteiger partial charge in [-0.15, -0.1) is 0 Å². The molecule has 0 bridgehead atoms. The van der Waals surface area contributed by atoms with Gasteiger partial charge in [-0.05, 0) is 74.7 Å². The van der Waals surface area contributed by atoms with Crippen molar-refractivity contribution in [3.8, 4) is 0 Å². The molecule has 2 fully saturated rings. The summed E-state index contributed by atoms with van der Waals surface area (Å²) in [6.45, 7) is 11.5. The first-order valence-electron chi connectivity index (χ1n) is 13.2. The first kappa shape index (κ1) is 26.9. The van der Waals surface area contributed by atoms with E-state index in [2.05, 4.69) is 22.5 Å². The highest BCUT2D eigenvalue weighted by molar-refractivity contribution is 7.99. The second-order valence-corrected chi connectivity index (χ2v) is 11.3. The number of hydrogen-bond acceptors (Lipinski definition) is 6. The summed E-state index contributed by atoms with van der Waals surface area (Å²) < 4.78 is 0. The number of likely N-dealkylation sites (tertiary alicyclic amines) is 1. The fraction of sp³-hybridized carbons (Fsp3) is 0.333. The van der Waals surface area contributed by atoms with Crippen LogP contribution in [-0.4, -0.2) is 68.6 Å². The molecule has 9 heteroatoms. The number of anilines is 1. The van der Waals surface area contributed by atoms with Crippen LogP contribution in [0.25, 0.3) is 0 Å². The number of aromatic carboxylic acids is 1. The predicted molar refractivity (Wildman–Crippen MR) is 152 cm³/mol. The van der Waals surface area contributed by atoms with Crippen LogP contribution >= 0.6 is 11.8 Å². The van der Waals surface area contributed by atoms with Crippen molar-refractivity contribution in [1.82, 2.24) is 19.8 Å². The van der Waals surface area contributed by atoms with Crippen molar-refractivity contribution in [3.05, 3.63) is 89.8 Å². The topological polar surface area (TPSA) is 89.9 Å². The Labute approximate surface area is 233 Å². The number of amides is 2. The molecule has 2 aliphatic heterocycles. The van der Waals surface area contributed by atoms with Gasteiger partial charge in [-0.25, -0.2) is 19.6 Å². The van der Waals surface area contributed by atoms with Crippen LogP contribution in [0.2, 0.25) is 0 Å². The van der Waals surface area contributed by atoms with Gasteiger partial charge in [0.15, 0.2) is 0 Å². The maximum atomic E-state index is 13.5. The lowest BCUT2D eigenvalue weighted by atomic mass is 9.99. The van der Waals surface area contributed by atoms with Gasteiger partial charge < -0.3 is 10.0 Å². The number of pyridine rings is 2. The second-order valence-electron chi connectivity index (χ2n) is 10.2. The fourth-order valence-corrected chi connectivity index (χ4v) is 6.13. The Morgan fingerprint density at radius 1 is 1.10 bits per heavy atom. The van der Waals surface area contributed by atoms with E-state index in [0.717, 1.165) is 53.7 Å². The summed E-state index contributed by atoms with van der Waals surface area (Å²) in [6, 6.07) is 16.8. The molecule has 39 heavy (non-hydrogen) atoms. The number of aryl methyl sites for hydroxylation is 1. The number of carbonyl (C=O) groups is 2. The Morgan fingerprint density at radius 2 is 1.85 bits per heavy atom. The molecule has 0 spiro atoms. The first-order chi connectivity index (χ1) is 18.8. The molecule has 0 radical (unpaired) electrons. The Balaban J connectivity index is 1.19. The van der Waals surface area contributed by atoms with Gasteiger partial charge in [-0.2, -0.15) is 0 Å². The van der Waals surface area contributed by atoms with Crippen LogP contribution in [0.4, 0.5) is 10.6 Å². The van der Waals surface area contributed by atoms with Crippen molar-refractivity contribution in [2.75, 3.05) is 24.5 Å². The SMILES string of the molecule is C=C(C)C1CN(c2ccccn2)C(=O)N1C1CCN(Cc2ccc(Sc3ccc(C(=O)O)cc3)nc2C)CC1. The summed E-state index contributed by atoms with van der Waals surface area (Å²) >= 11 is 1.52. The predicted octanol–water partition coefficient (Wildman–Crippen LogP) is 5.49. The largest absolute Gasteiger partial charge is 0.478 e. The van der Waals surface area contributed by atoms with E-state index in [-0.39, 0.29) is 23.7 Å². The summed E-state index contributed by atoms with van der Waals surface area (Å²) in [5.41, 5.74) is 3.46. The Morgan fingerprint density at radius 3 is 2.46 bits per heavy atom. The van der Waals surface area contributed by atoms with Gasteiger partial charge in [0, 0.05) is 42.5 Å². The van der Waals surface area contributed by atoms with E-state index >= 15 is 0 Å². The summed E-state index contributed by atoms with van der Waals surface area (Å²) in [6.07, 6.45) is 3.55. The molecule has 1 unspecified atom stereocenters. The highest BCUT2D eigenvalue weighted by Crippen LogP contribution is 2.32. The highest BCUT2D eigenvalue weighted by atomic mass is 32.2. The van der Waals surface area contributed by atoms with Gasteiger partial charge >= 0.3 is 12.0 Å². The Kier molecular flexibility index (Phi) is 7.99. The van der Waals surface area contributed by atoms with E-state index in [0.29, 0.717) is 12.4 Å². The average Bonchev–Trinajstić information content (AvgIpc) is 3.29. The van der Waals surface area contributed by atoms with E-state index in [9.17, 15) is 9.59 Å². The third-order valence-electron chi connectivity index (χ3n) is 7.48. The molecular weight excluding hydrogens is 510 g/mol. The minimum absolute atomic E-state index is 0.00660. The molecule has 0 aliphatic carbocycles. The van der Waals surface area contributed by atoms with Crippen molar-refractivity contribution < 1.29 is 14.7 Å². The zero-order valence-corrected chi connectivity index (χ0v) is 23.1. The van der Waals surface area contributed by atoms with Gasteiger partial charge in [0.25, 0.3) is 0 Å². The monoisotopic (exact) mass is 543 g/mol. The summed E-state index contributed by atoms with van der Waals surface area (Å²) in [5, 5.41) is 9.97. The number of urea groups is 1. The van der Waals surface area contributed by atoms with E-state index < -0.39 is 5.97 Å². The zero-order chi connectivity index (χ0) is 27.5. The van der Waals surface area contributed by atoms with Crippen LogP contribution in [0.3, 0.4) is 0 Å². The number of aromatic nitrogens is 2. The van der Waals surface area contributed by atoms with Gasteiger partial charge in [0.1, 0.15) is 10.8 Å². The minimum Gasteiger partial charge on any atom is -0.478 e. The molecular formula is C30H33N5O3S. The van der Waals surface area contributed by atoms with Crippen molar-refractivity contribution in [3.63, 3.8) is 0 Å². The van der Waals surface area contributed by atoms with Crippen molar-refractivity contribution in [2.45, 2.75) is 55.2 Å². The third-order valence-corrected chi connectivity index (χ3v) is 8.42. The fourth-order valence-electron chi connectivity index (χ4n) is 5.29. The molecule has 2 aromatic heterocycles. The second kappa shape index (κ2) is 11.6. The van der Waals surface area contributed by atoms with Crippen molar-refractivity contribution in [1.29, 1.82) is 0 Å². The van der Waals surface area contributed by atoms with Crippen LogP contribution in [0.1, 0.15) is 41.4 Å². The number of nitrogens with zero attached hydrogens (tertiary/aromatic N) is 5. The summed E-state index contributed by atoms with van der Waals surface area (Å²) in [7, 11) is 0. The number of hydrogen-bond donors (Lipinski definition) is 1. The molecule has 5 rings (SSSR count). The molecule has 1 N–H and O–H groups in total. The van der Waals surface area contributed by atoms with Crippen LogP contribution in [0, 0.1) is 6.92 Å². The number of carboxylic acids is 1. The lowest BCUT2D eigenvalue weighted by Gasteiger charge is -2.39. The standard InChI is InChI=1S/C30H33N5O3S/c1-20(2)26-19-34(27-6-4-5-15-31-27)30(38)35(26)24-13-16-33(17-14-24)18-23-9-12-28(32-21(23)3)39-25-10-7-22(8-11-25)29(36)37/h4-12,15,24,26H,1,13-14,16-19H2,2-3H3,(H,36,37). The van der Waals surface area contributed by atoms with E-state index in [1.165, 1.54) is 17.3 Å². The lowest BCUT2D eigenvalue weighted by molar-refractivity contribution is 0.0696. The molecule has 4 heterocycles. The van der Waals surface area contributed by atoms with Gasteiger partial charge in [0.05, 0.1) is 18.2 Å². The lowest BCUT2D eigenvalue weighted by Crippen LogP contribution is -2.49. The number of rotatable bonds is 8. The molecule has 3 aromatic rings. The van der Waals surface area contributed by atoms with E-state index in [1.807, 2.05) is 55.1 Å². The van der Waals surface area contributed by atoms with E-state index in [4.69, 9.17) is 10.1 Å². The summed E-state index contributed by atoms with van der Waals surface area (Å²) in [5.74, 6) is -0.237. The number of carboxylic acid groups (broad SMARTS) is 1. The average molecular weight is 544 g/mol. The normalized spacial score (nSPS) is 18.5. The molecule has 0 saturated carbocycles. The quantitative estimate of drug-likeness (QED) is 0.376. The van der Waals surface area contributed by atoms with Crippen LogP contribution in [0.15, 0.2) is 82.9 Å². The minimum atomic E-state index is -0.928. The van der Waals surface area contributed by atoms with Gasteiger partial charge in [-0.1, -0.05) is 36.0 Å². The molecule has 8 nitrogen and oxygen atoms in total. The maximum absolute atomic E-state index is 13.5. The van der Waals surface area contributed by atoms with Crippen LogP contribution in [0.5, 0.6) is 0 Å². The Bertz CT molecular complexity index is 1360. The summed E-state index contributed by atoms with van der Waals surface area (Å²) in [4.78, 5) is 40.9. The highest BCUT2D eigenvalue weighted by Gasteiger charge is 2.43.